The third-order valence-corrected chi connectivity index (χ3v) is 9.56. The third-order valence-electron chi connectivity index (χ3n) is 9.56. The fourth-order valence-corrected chi connectivity index (χ4v) is 7.10. The van der Waals surface area contributed by atoms with Crippen molar-refractivity contribution in [2.75, 3.05) is 26.7 Å². The van der Waals surface area contributed by atoms with Crippen molar-refractivity contribution in [3.8, 4) is 0 Å². The van der Waals surface area contributed by atoms with Gasteiger partial charge in [0.1, 0.15) is 6.04 Å². The minimum Gasteiger partial charge on any atom is -0.343 e. The maximum absolute atomic E-state index is 13.8. The molecule has 1 saturated carbocycles. The van der Waals surface area contributed by atoms with Gasteiger partial charge in [-0.15, -0.1) is 0 Å². The number of fused-ring (bicyclic) bond motifs is 1. The topological polar surface area (TPSA) is 73.0 Å². The third kappa shape index (κ3) is 7.86. The van der Waals surface area contributed by atoms with Crippen LogP contribution in [-0.2, 0) is 14.4 Å². The molecule has 0 radical (unpaired) electrons. The molecule has 7 nitrogen and oxygen atoms in total. The lowest BCUT2D eigenvalue weighted by atomic mass is 9.75. The van der Waals surface area contributed by atoms with Gasteiger partial charge in [-0.3, -0.25) is 19.3 Å². The first-order chi connectivity index (χ1) is 18.4. The molecule has 3 fully saturated rings. The minimum absolute atomic E-state index is 0.0436. The zero-order chi connectivity index (χ0) is 28.9. The minimum atomic E-state index is -0.602. The Morgan fingerprint density at radius 3 is 2.10 bits per heavy atom. The van der Waals surface area contributed by atoms with Crippen LogP contribution in [0.3, 0.4) is 0 Å². The molecule has 5 atom stereocenters. The number of likely N-dealkylation sites (N-methyl/N-ethyl adjacent to an activating group) is 1. The van der Waals surface area contributed by atoms with Gasteiger partial charge in [0, 0.05) is 31.8 Å². The van der Waals surface area contributed by atoms with E-state index in [9.17, 15) is 14.4 Å². The Morgan fingerprint density at radius 1 is 0.846 bits per heavy atom. The Bertz CT molecular complexity index is 883. The Morgan fingerprint density at radius 2 is 1.49 bits per heavy atom. The molecule has 2 unspecified atom stereocenters. The summed E-state index contributed by atoms with van der Waals surface area (Å²) in [6.45, 7) is 16.9. The first-order valence-corrected chi connectivity index (χ1v) is 15.7. The molecular formula is C32H56N4O3. The lowest BCUT2D eigenvalue weighted by molar-refractivity contribution is -0.140. The number of hydrogen-bond acceptors (Lipinski definition) is 4. The van der Waals surface area contributed by atoms with Gasteiger partial charge in [0.25, 0.3) is 0 Å². The quantitative estimate of drug-likeness (QED) is 0.421. The van der Waals surface area contributed by atoms with E-state index in [0.29, 0.717) is 11.5 Å². The van der Waals surface area contributed by atoms with E-state index < -0.39 is 6.04 Å². The van der Waals surface area contributed by atoms with Crippen LogP contribution in [0, 0.1) is 23.7 Å². The summed E-state index contributed by atoms with van der Waals surface area (Å²) in [6.07, 6.45) is 11.2. The average Bonchev–Trinajstić information content (AvgIpc) is 2.92. The molecule has 3 amide bonds. The van der Waals surface area contributed by atoms with E-state index in [1.54, 1.807) is 4.90 Å². The van der Waals surface area contributed by atoms with Gasteiger partial charge in [-0.2, -0.15) is 0 Å². The fourth-order valence-electron chi connectivity index (χ4n) is 7.10. The van der Waals surface area contributed by atoms with E-state index in [1.165, 1.54) is 25.7 Å². The summed E-state index contributed by atoms with van der Waals surface area (Å²) in [4.78, 5) is 46.8. The number of piperidine rings is 2. The molecule has 2 aliphatic heterocycles. The average molecular weight is 545 g/mol. The van der Waals surface area contributed by atoms with Crippen LogP contribution in [0.1, 0.15) is 99.8 Å². The van der Waals surface area contributed by atoms with Gasteiger partial charge in [-0.05, 0) is 76.7 Å². The predicted octanol–water partition coefficient (Wildman–Crippen LogP) is 4.86. The van der Waals surface area contributed by atoms with Crippen molar-refractivity contribution in [3.63, 3.8) is 0 Å². The molecule has 0 aromatic rings. The van der Waals surface area contributed by atoms with Crippen molar-refractivity contribution < 1.29 is 14.4 Å². The first-order valence-electron chi connectivity index (χ1n) is 15.7. The van der Waals surface area contributed by atoms with Crippen LogP contribution >= 0.6 is 0 Å². The fraction of sp³-hybridized carbons (Fsp3) is 0.844. The first kappa shape index (κ1) is 31.6. The lowest BCUT2D eigenvalue weighted by Gasteiger charge is -2.41. The molecule has 0 aromatic carbocycles. The van der Waals surface area contributed by atoms with Crippen LogP contribution in [0.2, 0.25) is 0 Å². The van der Waals surface area contributed by atoms with Gasteiger partial charge in [0.2, 0.25) is 17.7 Å². The Hall–Kier alpha value is -1.89. The largest absolute Gasteiger partial charge is 0.343 e. The van der Waals surface area contributed by atoms with Crippen LogP contribution in [0.4, 0.5) is 0 Å². The van der Waals surface area contributed by atoms with Crippen LogP contribution in [0.15, 0.2) is 11.6 Å². The van der Waals surface area contributed by atoms with Crippen molar-refractivity contribution in [1.82, 2.24) is 20.0 Å². The van der Waals surface area contributed by atoms with Crippen LogP contribution in [-0.4, -0.2) is 83.3 Å². The zero-order valence-corrected chi connectivity index (χ0v) is 26.0. The number of nitrogens with zero attached hydrogens (tertiary/aromatic N) is 3. The van der Waals surface area contributed by atoms with Crippen molar-refractivity contribution in [1.29, 1.82) is 0 Å². The Kier molecular flexibility index (Phi) is 11.5. The highest BCUT2D eigenvalue weighted by atomic mass is 16.2. The van der Waals surface area contributed by atoms with E-state index in [-0.39, 0.29) is 47.7 Å². The van der Waals surface area contributed by atoms with Gasteiger partial charge in [-0.1, -0.05) is 59.5 Å². The molecule has 3 aliphatic rings. The molecule has 222 valence electrons. The van der Waals surface area contributed by atoms with Gasteiger partial charge in [-0.25, -0.2) is 0 Å². The summed E-state index contributed by atoms with van der Waals surface area (Å²) in [7, 11) is 1.82. The molecule has 0 spiro atoms. The molecule has 3 rings (SSSR count). The number of likely N-dealkylation sites (tertiary alicyclic amines) is 2. The normalized spacial score (nSPS) is 26.4. The molecule has 2 heterocycles. The molecule has 7 heteroatoms. The predicted molar refractivity (Wildman–Crippen MR) is 158 cm³/mol. The summed E-state index contributed by atoms with van der Waals surface area (Å²) in [5.41, 5.74) is 0.711. The standard InChI is InChI=1S/C32H56N4O3/c1-21(2)28(19-24(7)31(38)35-18-16-25-13-9-10-14-26(25)20-35)34(8)32(39)29(22(3)4)33-30(37)27-15-11-12-17-36(27)23(5)6/h19,21-23,25-29H,9-18,20H2,1-8H3,(H,33,37)/t25?,26?,27-,28-,29+/m1/s1. The van der Waals surface area contributed by atoms with Crippen molar-refractivity contribution >= 4 is 17.7 Å². The summed E-state index contributed by atoms with van der Waals surface area (Å²) in [5, 5.41) is 3.13. The number of carbonyl (C=O) groups is 3. The van der Waals surface area contributed by atoms with E-state index in [0.717, 1.165) is 51.2 Å². The molecule has 0 aromatic heterocycles. The number of carbonyl (C=O) groups excluding carboxylic acids is 3. The van der Waals surface area contributed by atoms with E-state index in [2.05, 4.69) is 37.9 Å². The van der Waals surface area contributed by atoms with Gasteiger partial charge < -0.3 is 15.1 Å². The van der Waals surface area contributed by atoms with Crippen LogP contribution in [0.25, 0.3) is 0 Å². The highest BCUT2D eigenvalue weighted by molar-refractivity contribution is 5.93. The highest BCUT2D eigenvalue weighted by Crippen LogP contribution is 2.36. The highest BCUT2D eigenvalue weighted by Gasteiger charge is 2.37. The Labute approximate surface area is 238 Å². The van der Waals surface area contributed by atoms with E-state index in [1.807, 2.05) is 38.8 Å². The SMILES string of the molecule is CC(=C[C@H](C(C)C)N(C)C(=O)[C@@H](NC(=O)[C@H]1CCCCN1C(C)C)C(C)C)C(=O)N1CCC2CCCCC2C1. The molecule has 2 saturated heterocycles. The van der Waals surface area contributed by atoms with Crippen molar-refractivity contribution in [2.45, 2.75) is 124 Å². The second kappa shape index (κ2) is 14.1. The van der Waals surface area contributed by atoms with Gasteiger partial charge in [0.05, 0.1) is 12.1 Å². The number of nitrogens with one attached hydrogen (secondary N) is 1. The molecule has 0 bridgehead atoms. The summed E-state index contributed by atoms with van der Waals surface area (Å²) in [5.74, 6) is 1.47. The second-order valence-corrected chi connectivity index (χ2v) is 13.5. The number of rotatable bonds is 9. The second-order valence-electron chi connectivity index (χ2n) is 13.5. The van der Waals surface area contributed by atoms with Crippen LogP contribution < -0.4 is 5.32 Å². The Balaban J connectivity index is 1.70. The van der Waals surface area contributed by atoms with E-state index in [4.69, 9.17) is 0 Å². The number of hydrogen-bond donors (Lipinski definition) is 1. The van der Waals surface area contributed by atoms with E-state index >= 15 is 0 Å². The summed E-state index contributed by atoms with van der Waals surface area (Å²) in [6, 6.07) is -0.730. The summed E-state index contributed by atoms with van der Waals surface area (Å²) >= 11 is 0. The van der Waals surface area contributed by atoms with Crippen molar-refractivity contribution in [2.24, 2.45) is 23.7 Å². The smallest absolute Gasteiger partial charge is 0.249 e. The van der Waals surface area contributed by atoms with Gasteiger partial charge >= 0.3 is 0 Å². The van der Waals surface area contributed by atoms with Crippen molar-refractivity contribution in [3.05, 3.63) is 11.6 Å². The van der Waals surface area contributed by atoms with Crippen LogP contribution in [0.5, 0.6) is 0 Å². The molecular weight excluding hydrogens is 488 g/mol. The lowest BCUT2D eigenvalue weighted by Crippen LogP contribution is -2.58. The van der Waals surface area contributed by atoms with Gasteiger partial charge in [0.15, 0.2) is 0 Å². The maximum Gasteiger partial charge on any atom is 0.249 e. The molecule has 1 N–H and O–H groups in total. The molecule has 39 heavy (non-hydrogen) atoms. The summed E-state index contributed by atoms with van der Waals surface area (Å²) < 4.78 is 0. The number of amides is 3. The maximum atomic E-state index is 13.8. The monoisotopic (exact) mass is 544 g/mol. The molecule has 1 aliphatic carbocycles. The zero-order valence-electron chi connectivity index (χ0n) is 26.0.